The fraction of sp³-hybridized carbons (Fsp3) is 0.208. The van der Waals surface area contributed by atoms with Gasteiger partial charge in [0.25, 0.3) is 0 Å². The summed E-state index contributed by atoms with van der Waals surface area (Å²) in [5, 5.41) is 21.2. The van der Waals surface area contributed by atoms with Gasteiger partial charge in [-0.25, -0.2) is 9.99 Å². The number of aliphatic hydroxyl groups excluding tert-OH is 1. The average Bonchev–Trinajstić information content (AvgIpc) is 3.21. The molecule has 0 bridgehead atoms. The number of rotatable bonds is 8. The van der Waals surface area contributed by atoms with Crippen molar-refractivity contribution in [3.63, 3.8) is 0 Å². The van der Waals surface area contributed by atoms with Crippen molar-refractivity contribution in [2.24, 2.45) is 5.10 Å². The van der Waals surface area contributed by atoms with E-state index in [1.165, 1.54) is 0 Å². The number of benzene rings is 2. The molecule has 3 N–H and O–H groups in total. The van der Waals surface area contributed by atoms with Gasteiger partial charge in [0, 0.05) is 12.6 Å². The van der Waals surface area contributed by atoms with Crippen molar-refractivity contribution in [3.8, 4) is 16.9 Å². The van der Waals surface area contributed by atoms with Crippen LogP contribution in [0.4, 0.5) is 5.82 Å². The maximum absolute atomic E-state index is 11.0. The number of pyridine rings is 1. The van der Waals surface area contributed by atoms with E-state index in [-0.39, 0.29) is 19.4 Å². The SMILES string of the molecule is Cc1ccc(OCCO)cc1-c1ccnc(N2N=C(NC=O)NC2Cc2ccccc2)c1. The van der Waals surface area contributed by atoms with Crippen LogP contribution in [0.15, 0.2) is 72.0 Å². The summed E-state index contributed by atoms with van der Waals surface area (Å²) in [6.07, 6.45) is 2.80. The van der Waals surface area contributed by atoms with Crippen molar-refractivity contribution in [1.29, 1.82) is 0 Å². The molecule has 1 aliphatic rings. The van der Waals surface area contributed by atoms with Crippen LogP contribution in [0.1, 0.15) is 11.1 Å². The van der Waals surface area contributed by atoms with E-state index < -0.39 is 0 Å². The quantitative estimate of drug-likeness (QED) is 0.474. The Morgan fingerprint density at radius 2 is 2.03 bits per heavy atom. The molecule has 8 heteroatoms. The van der Waals surface area contributed by atoms with E-state index in [4.69, 9.17) is 9.84 Å². The Morgan fingerprint density at radius 3 is 2.81 bits per heavy atom. The van der Waals surface area contributed by atoms with Gasteiger partial charge in [-0.05, 0) is 53.4 Å². The van der Waals surface area contributed by atoms with Gasteiger partial charge >= 0.3 is 0 Å². The predicted molar refractivity (Wildman–Crippen MR) is 123 cm³/mol. The van der Waals surface area contributed by atoms with Crippen molar-refractivity contribution in [2.75, 3.05) is 18.2 Å². The van der Waals surface area contributed by atoms with Crippen LogP contribution in [0.5, 0.6) is 5.75 Å². The largest absolute Gasteiger partial charge is 0.491 e. The first-order valence-corrected chi connectivity index (χ1v) is 10.4. The first-order chi connectivity index (χ1) is 15.7. The summed E-state index contributed by atoms with van der Waals surface area (Å²) in [6, 6.07) is 19.8. The van der Waals surface area contributed by atoms with Gasteiger partial charge in [-0.15, -0.1) is 5.10 Å². The molecule has 0 saturated heterocycles. The van der Waals surface area contributed by atoms with E-state index in [1.54, 1.807) is 11.2 Å². The molecule has 1 atom stereocenters. The Balaban J connectivity index is 1.65. The van der Waals surface area contributed by atoms with Crippen LogP contribution in [-0.4, -0.2) is 41.8 Å². The minimum absolute atomic E-state index is 0.0391. The van der Waals surface area contributed by atoms with Crippen LogP contribution in [0.2, 0.25) is 0 Å². The molecule has 0 radical (unpaired) electrons. The van der Waals surface area contributed by atoms with Crippen LogP contribution in [0.25, 0.3) is 11.1 Å². The molecular formula is C24H25N5O3. The number of amides is 1. The number of guanidine groups is 1. The number of aryl methyl sites for hydroxylation is 1. The predicted octanol–water partition coefficient (Wildman–Crippen LogP) is 2.42. The third-order valence-corrected chi connectivity index (χ3v) is 5.13. The van der Waals surface area contributed by atoms with Crippen molar-refractivity contribution >= 4 is 18.2 Å². The van der Waals surface area contributed by atoms with E-state index in [0.29, 0.717) is 30.4 Å². The molecule has 1 unspecified atom stereocenters. The highest BCUT2D eigenvalue weighted by Gasteiger charge is 2.28. The van der Waals surface area contributed by atoms with E-state index in [9.17, 15) is 4.79 Å². The molecule has 2 heterocycles. The molecule has 1 amide bonds. The summed E-state index contributed by atoms with van der Waals surface area (Å²) in [4.78, 5) is 15.5. The maximum atomic E-state index is 11.0. The zero-order valence-corrected chi connectivity index (χ0v) is 17.7. The second-order valence-corrected chi connectivity index (χ2v) is 7.36. The summed E-state index contributed by atoms with van der Waals surface area (Å²) in [5.41, 5.74) is 4.20. The summed E-state index contributed by atoms with van der Waals surface area (Å²) in [7, 11) is 0. The van der Waals surface area contributed by atoms with Gasteiger partial charge in [-0.3, -0.25) is 10.1 Å². The Morgan fingerprint density at radius 1 is 1.19 bits per heavy atom. The summed E-state index contributed by atoms with van der Waals surface area (Å²) < 4.78 is 5.58. The topological polar surface area (TPSA) is 99.1 Å². The van der Waals surface area contributed by atoms with Crippen LogP contribution in [0.3, 0.4) is 0 Å². The maximum Gasteiger partial charge on any atom is 0.222 e. The van der Waals surface area contributed by atoms with Crippen molar-refractivity contribution in [2.45, 2.75) is 19.5 Å². The minimum atomic E-state index is -0.206. The molecule has 164 valence electrons. The zero-order chi connectivity index (χ0) is 22.3. The van der Waals surface area contributed by atoms with Crippen LogP contribution in [-0.2, 0) is 11.2 Å². The number of carbonyl (C=O) groups is 1. The van der Waals surface area contributed by atoms with Crippen molar-refractivity contribution in [1.82, 2.24) is 15.6 Å². The fourth-order valence-corrected chi connectivity index (χ4v) is 3.61. The first-order valence-electron chi connectivity index (χ1n) is 10.4. The molecule has 8 nitrogen and oxygen atoms in total. The molecule has 32 heavy (non-hydrogen) atoms. The van der Waals surface area contributed by atoms with Gasteiger partial charge in [0.15, 0.2) is 5.82 Å². The zero-order valence-electron chi connectivity index (χ0n) is 17.7. The third-order valence-electron chi connectivity index (χ3n) is 5.13. The fourth-order valence-electron chi connectivity index (χ4n) is 3.61. The number of nitrogens with zero attached hydrogens (tertiary/aromatic N) is 3. The summed E-state index contributed by atoms with van der Waals surface area (Å²) >= 11 is 0. The van der Waals surface area contributed by atoms with Gasteiger partial charge in [0.2, 0.25) is 12.4 Å². The lowest BCUT2D eigenvalue weighted by Gasteiger charge is -2.23. The number of anilines is 1. The van der Waals surface area contributed by atoms with Gasteiger partial charge < -0.3 is 15.2 Å². The molecule has 1 aliphatic heterocycles. The van der Waals surface area contributed by atoms with Crippen molar-refractivity contribution < 1.29 is 14.6 Å². The second kappa shape index (κ2) is 9.93. The number of ether oxygens (including phenoxy) is 1. The molecule has 0 spiro atoms. The second-order valence-electron chi connectivity index (χ2n) is 7.36. The average molecular weight is 431 g/mol. The van der Waals surface area contributed by atoms with Gasteiger partial charge in [0.05, 0.1) is 6.61 Å². The smallest absolute Gasteiger partial charge is 0.222 e. The van der Waals surface area contributed by atoms with Crippen LogP contribution in [0, 0.1) is 6.92 Å². The first kappa shape index (κ1) is 21.3. The normalized spacial score (nSPS) is 15.1. The number of hydrazone groups is 1. The molecule has 3 aromatic rings. The van der Waals surface area contributed by atoms with Crippen LogP contribution >= 0.6 is 0 Å². The number of aromatic nitrogens is 1. The third kappa shape index (κ3) is 4.87. The molecule has 4 rings (SSSR count). The lowest BCUT2D eigenvalue weighted by Crippen LogP contribution is -2.43. The Labute approximate surface area is 186 Å². The highest BCUT2D eigenvalue weighted by Crippen LogP contribution is 2.30. The van der Waals surface area contributed by atoms with E-state index in [2.05, 4.69) is 32.9 Å². The lowest BCUT2D eigenvalue weighted by molar-refractivity contribution is -0.108. The van der Waals surface area contributed by atoms with E-state index >= 15 is 0 Å². The minimum Gasteiger partial charge on any atom is -0.491 e. The number of carbonyl (C=O) groups excluding carboxylic acids is 1. The van der Waals surface area contributed by atoms with Gasteiger partial charge in [-0.2, -0.15) is 0 Å². The Kier molecular flexibility index (Phi) is 6.62. The number of nitrogens with one attached hydrogen (secondary N) is 2. The molecule has 2 aromatic carbocycles. The Hall–Kier alpha value is -3.91. The number of aliphatic hydroxyl groups is 1. The summed E-state index contributed by atoms with van der Waals surface area (Å²) in [5.74, 6) is 1.72. The monoisotopic (exact) mass is 431 g/mol. The lowest BCUT2D eigenvalue weighted by atomic mass is 10.0. The van der Waals surface area contributed by atoms with Gasteiger partial charge in [-0.1, -0.05) is 36.4 Å². The molecular weight excluding hydrogens is 406 g/mol. The molecule has 1 aromatic heterocycles. The highest BCUT2D eigenvalue weighted by molar-refractivity contribution is 5.91. The summed E-state index contributed by atoms with van der Waals surface area (Å²) in [6.45, 7) is 2.24. The highest BCUT2D eigenvalue weighted by atomic mass is 16.5. The van der Waals surface area contributed by atoms with E-state index in [1.807, 2.05) is 55.5 Å². The molecule has 0 fully saturated rings. The standard InChI is InChI=1S/C24H25N5O3/c1-17-7-8-20(32-12-11-30)15-21(17)19-9-10-25-22(14-19)29-23(27-24(28-29)26-16-31)13-18-5-3-2-4-6-18/h2-10,14-16,23,30H,11-13H2,1H3,(H2,26,27,28,31). The van der Waals surface area contributed by atoms with Crippen molar-refractivity contribution in [3.05, 3.63) is 78.0 Å². The molecule has 0 aliphatic carbocycles. The number of hydrogen-bond donors (Lipinski definition) is 3. The number of hydrogen-bond acceptors (Lipinski definition) is 7. The van der Waals surface area contributed by atoms with Crippen LogP contribution < -0.4 is 20.4 Å². The Bertz CT molecular complexity index is 1100. The van der Waals surface area contributed by atoms with Gasteiger partial charge in [0.1, 0.15) is 18.5 Å². The van der Waals surface area contributed by atoms with E-state index in [0.717, 1.165) is 22.3 Å². The molecule has 0 saturated carbocycles.